The molecule has 10 nitrogen and oxygen atoms in total. The smallest absolute Gasteiger partial charge is 0.299 e. The van der Waals surface area contributed by atoms with E-state index >= 15 is 0 Å². The Morgan fingerprint density at radius 3 is 2.53 bits per heavy atom. The van der Waals surface area contributed by atoms with Crippen LogP contribution in [0.5, 0.6) is 11.5 Å². The second-order valence-electron chi connectivity index (χ2n) is 8.76. The molecule has 10 heteroatoms. The van der Waals surface area contributed by atoms with Gasteiger partial charge in [-0.05, 0) is 48.5 Å². The minimum Gasteiger partial charge on any atom is -0.452 e. The number of para-hydroxylation sites is 1. The summed E-state index contributed by atoms with van der Waals surface area (Å²) < 4.78 is 12.8. The lowest BCUT2D eigenvalue weighted by Crippen LogP contribution is -2.36. The minimum absolute atomic E-state index is 0.151. The summed E-state index contributed by atoms with van der Waals surface area (Å²) in [7, 11) is 0. The fourth-order valence-electron chi connectivity index (χ4n) is 4.29. The molecule has 3 N–H and O–H groups in total. The normalized spacial score (nSPS) is 13.4. The number of nitrogens with two attached hydrogens (primary N) is 1. The Morgan fingerprint density at radius 1 is 0.921 bits per heavy atom. The molecule has 0 bridgehead atoms. The standard InChI is InChI=1S/C28H25N7O3/c29-20-5-4-6-22(16-20)35-26-19(15-24(27(35)36)38-23-7-2-1-3-8-23)17-31-28(33-26)32-21-9-10-25(30-18-21)34-11-13-37-14-12-34/h1-10,15-18H,11-14,29H2,(H,31,32,33). The zero-order valence-electron chi connectivity index (χ0n) is 20.4. The van der Waals surface area contributed by atoms with Crippen molar-refractivity contribution in [3.05, 3.63) is 95.5 Å². The fraction of sp³-hybridized carbons (Fsp3) is 0.143. The summed E-state index contributed by atoms with van der Waals surface area (Å²) >= 11 is 0. The zero-order valence-corrected chi connectivity index (χ0v) is 20.4. The van der Waals surface area contributed by atoms with E-state index in [1.165, 1.54) is 4.57 Å². The van der Waals surface area contributed by atoms with Crippen LogP contribution in [0.2, 0.25) is 0 Å². The molecule has 0 atom stereocenters. The number of fused-ring (bicyclic) bond motifs is 1. The van der Waals surface area contributed by atoms with Crippen LogP contribution in [-0.4, -0.2) is 45.8 Å². The van der Waals surface area contributed by atoms with E-state index < -0.39 is 0 Å². The van der Waals surface area contributed by atoms with Crippen LogP contribution in [0, 0.1) is 0 Å². The van der Waals surface area contributed by atoms with Gasteiger partial charge in [-0.3, -0.25) is 9.36 Å². The number of rotatable bonds is 6. The van der Waals surface area contributed by atoms with Crippen LogP contribution in [0.4, 0.5) is 23.1 Å². The van der Waals surface area contributed by atoms with Crippen molar-refractivity contribution in [2.45, 2.75) is 0 Å². The topological polar surface area (TPSA) is 120 Å². The number of ether oxygens (including phenoxy) is 2. The Morgan fingerprint density at radius 2 is 1.76 bits per heavy atom. The molecule has 1 aliphatic rings. The Hall–Kier alpha value is -4.96. The van der Waals surface area contributed by atoms with Gasteiger partial charge in [0.25, 0.3) is 5.56 Å². The molecule has 0 amide bonds. The molecule has 190 valence electrons. The zero-order chi connectivity index (χ0) is 25.9. The molecule has 1 fully saturated rings. The van der Waals surface area contributed by atoms with Crippen molar-refractivity contribution >= 4 is 34.2 Å². The maximum Gasteiger partial charge on any atom is 0.299 e. The van der Waals surface area contributed by atoms with Gasteiger partial charge in [0.15, 0.2) is 11.4 Å². The summed E-state index contributed by atoms with van der Waals surface area (Å²) in [6, 6.07) is 21.7. The molecular weight excluding hydrogens is 482 g/mol. The SMILES string of the molecule is Nc1cccc(-n2c(=O)c(Oc3ccccc3)cc3cnc(Nc4ccc(N5CCOCC5)nc4)nc32)c1. The van der Waals surface area contributed by atoms with Crippen molar-refractivity contribution in [1.29, 1.82) is 0 Å². The fourth-order valence-corrected chi connectivity index (χ4v) is 4.29. The van der Waals surface area contributed by atoms with Gasteiger partial charge in [-0.2, -0.15) is 4.98 Å². The first kappa shape index (κ1) is 23.4. The lowest BCUT2D eigenvalue weighted by Gasteiger charge is -2.27. The lowest BCUT2D eigenvalue weighted by molar-refractivity contribution is 0.122. The number of anilines is 4. The molecule has 0 radical (unpaired) electrons. The van der Waals surface area contributed by atoms with Crippen LogP contribution in [0.15, 0.2) is 90.0 Å². The predicted octanol–water partition coefficient (Wildman–Crippen LogP) is 4.13. The molecule has 38 heavy (non-hydrogen) atoms. The predicted molar refractivity (Wildman–Crippen MR) is 147 cm³/mol. The Labute approximate surface area is 218 Å². The molecule has 1 aliphatic heterocycles. The van der Waals surface area contributed by atoms with Gasteiger partial charge in [-0.15, -0.1) is 0 Å². The summed E-state index contributed by atoms with van der Waals surface area (Å²) in [6.07, 6.45) is 3.39. The maximum absolute atomic E-state index is 13.6. The highest BCUT2D eigenvalue weighted by molar-refractivity contribution is 5.79. The van der Waals surface area contributed by atoms with Crippen molar-refractivity contribution in [2.75, 3.05) is 42.3 Å². The molecule has 0 unspecified atom stereocenters. The Kier molecular flexibility index (Phi) is 6.29. The summed E-state index contributed by atoms with van der Waals surface area (Å²) in [5.41, 5.74) is 7.90. The highest BCUT2D eigenvalue weighted by atomic mass is 16.5. The second kappa shape index (κ2) is 10.2. The number of hydrogen-bond donors (Lipinski definition) is 2. The first-order valence-corrected chi connectivity index (χ1v) is 12.2. The number of morpholine rings is 1. The Bertz CT molecular complexity index is 1630. The third-order valence-corrected chi connectivity index (χ3v) is 6.15. The van der Waals surface area contributed by atoms with Crippen molar-refractivity contribution < 1.29 is 9.47 Å². The largest absolute Gasteiger partial charge is 0.452 e. The lowest BCUT2D eigenvalue weighted by atomic mass is 10.2. The van der Waals surface area contributed by atoms with Crippen LogP contribution in [0.25, 0.3) is 16.7 Å². The van der Waals surface area contributed by atoms with E-state index in [9.17, 15) is 4.79 Å². The summed E-state index contributed by atoms with van der Waals surface area (Å²) in [6.45, 7) is 3.01. The number of nitrogen functional groups attached to an aromatic ring is 1. The van der Waals surface area contributed by atoms with E-state index in [0.29, 0.717) is 47.3 Å². The average molecular weight is 508 g/mol. The van der Waals surface area contributed by atoms with Crippen LogP contribution in [-0.2, 0) is 4.74 Å². The van der Waals surface area contributed by atoms with Crippen molar-refractivity contribution in [3.8, 4) is 17.2 Å². The van der Waals surface area contributed by atoms with E-state index in [0.717, 1.165) is 24.6 Å². The van der Waals surface area contributed by atoms with Gasteiger partial charge in [0, 0.05) is 30.4 Å². The Balaban J connectivity index is 1.38. The third-order valence-electron chi connectivity index (χ3n) is 6.15. The van der Waals surface area contributed by atoms with Crippen molar-refractivity contribution in [1.82, 2.24) is 19.5 Å². The molecule has 3 aromatic heterocycles. The van der Waals surface area contributed by atoms with Gasteiger partial charge in [-0.1, -0.05) is 24.3 Å². The summed E-state index contributed by atoms with van der Waals surface area (Å²) in [5, 5.41) is 3.82. The second-order valence-corrected chi connectivity index (χ2v) is 8.76. The van der Waals surface area contributed by atoms with Gasteiger partial charge >= 0.3 is 0 Å². The number of pyridine rings is 2. The quantitative estimate of drug-likeness (QED) is 0.327. The van der Waals surface area contributed by atoms with Crippen LogP contribution in [0.1, 0.15) is 0 Å². The van der Waals surface area contributed by atoms with Crippen LogP contribution in [0.3, 0.4) is 0 Å². The average Bonchev–Trinajstić information content (AvgIpc) is 2.95. The monoisotopic (exact) mass is 507 g/mol. The number of hydrogen-bond acceptors (Lipinski definition) is 9. The number of aromatic nitrogens is 4. The van der Waals surface area contributed by atoms with Crippen molar-refractivity contribution in [3.63, 3.8) is 0 Å². The van der Waals surface area contributed by atoms with Gasteiger partial charge in [0.1, 0.15) is 11.6 Å². The minimum atomic E-state index is -0.367. The van der Waals surface area contributed by atoms with E-state index in [2.05, 4.69) is 25.2 Å². The van der Waals surface area contributed by atoms with Gasteiger partial charge in [-0.25, -0.2) is 9.97 Å². The van der Waals surface area contributed by atoms with Gasteiger partial charge in [0.2, 0.25) is 5.95 Å². The van der Waals surface area contributed by atoms with E-state index in [4.69, 9.17) is 15.2 Å². The first-order chi connectivity index (χ1) is 18.6. The molecule has 6 rings (SSSR count). The highest BCUT2D eigenvalue weighted by Gasteiger charge is 2.16. The number of nitrogens with zero attached hydrogens (tertiary/aromatic N) is 5. The maximum atomic E-state index is 13.6. The third kappa shape index (κ3) is 4.84. The van der Waals surface area contributed by atoms with E-state index in [1.54, 1.807) is 54.9 Å². The number of nitrogens with one attached hydrogen (secondary N) is 1. The van der Waals surface area contributed by atoms with E-state index in [1.807, 2.05) is 30.3 Å². The molecule has 0 saturated carbocycles. The van der Waals surface area contributed by atoms with Crippen molar-refractivity contribution in [2.24, 2.45) is 0 Å². The molecule has 0 spiro atoms. The summed E-state index contributed by atoms with van der Waals surface area (Å²) in [5.74, 6) is 1.92. The van der Waals surface area contributed by atoms with E-state index in [-0.39, 0.29) is 11.3 Å². The summed E-state index contributed by atoms with van der Waals surface area (Å²) in [4.78, 5) is 29.6. The molecule has 1 saturated heterocycles. The van der Waals surface area contributed by atoms with Gasteiger partial charge < -0.3 is 25.4 Å². The molecule has 4 heterocycles. The highest BCUT2D eigenvalue weighted by Crippen LogP contribution is 2.25. The van der Waals surface area contributed by atoms with Crippen LogP contribution < -0.4 is 26.2 Å². The van der Waals surface area contributed by atoms with Gasteiger partial charge in [0.05, 0.1) is 30.8 Å². The molecular formula is C28H25N7O3. The molecule has 0 aliphatic carbocycles. The molecule has 2 aromatic carbocycles. The number of benzene rings is 2. The van der Waals surface area contributed by atoms with Crippen LogP contribution >= 0.6 is 0 Å². The first-order valence-electron chi connectivity index (χ1n) is 12.2. The molecule has 5 aromatic rings.